The van der Waals surface area contributed by atoms with E-state index in [4.69, 9.17) is 9.47 Å². The maximum Gasteiger partial charge on any atom is 0.0544 e. The Morgan fingerprint density at radius 2 is 0.700 bits per heavy atom. The first kappa shape index (κ1) is 59.3. The fourth-order valence-corrected chi connectivity index (χ4v) is 4.97. The molecule has 256 valence electrons. The second kappa shape index (κ2) is 41.1. The van der Waals surface area contributed by atoms with Gasteiger partial charge in [-0.25, -0.2) is 0 Å². The Labute approximate surface area is 262 Å². The van der Waals surface area contributed by atoms with Gasteiger partial charge in [-0.05, 0) is 49.4 Å². The zero-order chi connectivity index (χ0) is 27.6. The van der Waals surface area contributed by atoms with Gasteiger partial charge in [0.1, 0.15) is 0 Å². The van der Waals surface area contributed by atoms with Crippen molar-refractivity contribution in [1.82, 2.24) is 0 Å². The second-order valence-electron chi connectivity index (χ2n) is 11.2. The minimum atomic E-state index is 0. The van der Waals surface area contributed by atoms with Gasteiger partial charge in [0.15, 0.2) is 0 Å². The van der Waals surface area contributed by atoms with Crippen LogP contribution in [-0.4, -0.2) is 26.4 Å². The first-order valence-corrected chi connectivity index (χ1v) is 15.8. The van der Waals surface area contributed by atoms with Crippen molar-refractivity contribution in [2.24, 2.45) is 22.7 Å². The van der Waals surface area contributed by atoms with Gasteiger partial charge in [-0.3, -0.25) is 0 Å². The minimum absolute atomic E-state index is 0. The van der Waals surface area contributed by atoms with Crippen LogP contribution in [0.25, 0.3) is 0 Å². The highest BCUT2D eigenvalue weighted by Crippen LogP contribution is 2.33. The molecule has 40 heavy (non-hydrogen) atoms. The Balaban J connectivity index is -0.0000000620. The highest BCUT2D eigenvalue weighted by atomic mass is 16.5. The average molecular weight is 581 g/mol. The zero-order valence-corrected chi connectivity index (χ0v) is 27.0. The first-order valence-electron chi connectivity index (χ1n) is 15.8. The lowest BCUT2D eigenvalue weighted by Gasteiger charge is -2.31. The third kappa shape index (κ3) is 32.4. The van der Waals surface area contributed by atoms with Crippen LogP contribution in [0, 0.1) is 22.7 Å². The van der Waals surface area contributed by atoms with Gasteiger partial charge in [0, 0.05) is 18.6 Å². The van der Waals surface area contributed by atoms with Gasteiger partial charge in [-0.15, -0.1) is 0 Å². The molecular formula is C38H92O2. The zero-order valence-electron chi connectivity index (χ0n) is 27.0. The van der Waals surface area contributed by atoms with E-state index in [9.17, 15) is 0 Å². The minimum Gasteiger partial charge on any atom is -0.381 e. The fourth-order valence-electron chi connectivity index (χ4n) is 4.97. The Morgan fingerprint density at radius 1 is 0.425 bits per heavy atom. The molecule has 0 aliphatic carbocycles. The number of ether oxygens (including phenoxy) is 2. The summed E-state index contributed by atoms with van der Waals surface area (Å²) in [6, 6.07) is 0. The topological polar surface area (TPSA) is 18.5 Å². The summed E-state index contributed by atoms with van der Waals surface area (Å²) in [4.78, 5) is 0. The molecule has 0 saturated carbocycles. The lowest BCUT2D eigenvalue weighted by molar-refractivity contribution is -0.0270. The summed E-state index contributed by atoms with van der Waals surface area (Å²) in [5, 5.41) is 0. The van der Waals surface area contributed by atoms with Crippen LogP contribution in [0.15, 0.2) is 0 Å². The Kier molecular flexibility index (Phi) is 60.9. The smallest absolute Gasteiger partial charge is 0.0544 e. The van der Waals surface area contributed by atoms with Gasteiger partial charge in [0.25, 0.3) is 0 Å². The molecule has 0 aromatic heterocycles. The molecule has 2 unspecified atom stereocenters. The number of hydrogen-bond acceptors (Lipinski definition) is 2. The number of rotatable bonds is 20. The molecule has 0 amide bonds. The molecule has 0 N–H and O–H groups in total. The Morgan fingerprint density at radius 3 is 0.875 bits per heavy atom. The molecule has 0 radical (unpaired) electrons. The first-order chi connectivity index (χ1) is 16.7. The number of hydrogen-bond donors (Lipinski definition) is 0. The van der Waals surface area contributed by atoms with Crippen molar-refractivity contribution in [3.8, 4) is 0 Å². The summed E-state index contributed by atoms with van der Waals surface area (Å²) in [5.41, 5.74) is 0.907. The predicted molar refractivity (Wildman–Crippen MR) is 195 cm³/mol. The average Bonchev–Trinajstić information content (AvgIpc) is 2.86. The molecule has 0 aliphatic rings. The van der Waals surface area contributed by atoms with Crippen molar-refractivity contribution in [1.29, 1.82) is 0 Å². The van der Waals surface area contributed by atoms with Crippen LogP contribution in [0.1, 0.15) is 204 Å². The van der Waals surface area contributed by atoms with Crippen molar-refractivity contribution in [2.75, 3.05) is 26.4 Å². The van der Waals surface area contributed by atoms with Crippen molar-refractivity contribution < 1.29 is 9.47 Å². The van der Waals surface area contributed by atoms with Gasteiger partial charge in [-0.1, -0.05) is 172 Å². The van der Waals surface area contributed by atoms with Crippen LogP contribution in [-0.2, 0) is 9.47 Å². The van der Waals surface area contributed by atoms with Crippen LogP contribution < -0.4 is 0 Å². The molecule has 0 bridgehead atoms. The Hall–Kier alpha value is -0.0800. The summed E-state index contributed by atoms with van der Waals surface area (Å²) >= 11 is 0. The lowest BCUT2D eigenvalue weighted by atomic mass is 9.78. The molecule has 0 aliphatic heterocycles. The molecule has 0 saturated heterocycles. The van der Waals surface area contributed by atoms with E-state index >= 15 is 0 Å². The molecule has 0 heterocycles. The van der Waals surface area contributed by atoms with Gasteiger partial charge in [-0.2, -0.15) is 0 Å². The van der Waals surface area contributed by atoms with Gasteiger partial charge in [0.05, 0.1) is 13.2 Å². The summed E-state index contributed by atoms with van der Waals surface area (Å²) in [6.07, 6.45) is 16.8. The van der Waals surface area contributed by atoms with E-state index in [-0.39, 0.29) is 42.5 Å². The summed E-state index contributed by atoms with van der Waals surface area (Å²) in [7, 11) is 0. The third-order valence-electron chi connectivity index (χ3n) is 8.38. The predicted octanol–water partition coefficient (Wildman–Crippen LogP) is 14.7. The van der Waals surface area contributed by atoms with Gasteiger partial charge in [0.2, 0.25) is 0 Å². The van der Waals surface area contributed by atoms with E-state index in [1.165, 1.54) is 57.8 Å². The van der Waals surface area contributed by atoms with Crippen molar-refractivity contribution in [3.05, 3.63) is 0 Å². The normalized spacial score (nSPS) is 11.7. The van der Waals surface area contributed by atoms with Gasteiger partial charge >= 0.3 is 0 Å². The monoisotopic (exact) mass is 581 g/mol. The van der Waals surface area contributed by atoms with E-state index < -0.39 is 0 Å². The fraction of sp³-hybridized carbons (Fsp3) is 1.00. The van der Waals surface area contributed by atoms with E-state index in [0.29, 0.717) is 5.41 Å². The van der Waals surface area contributed by atoms with Crippen molar-refractivity contribution in [3.63, 3.8) is 0 Å². The molecule has 0 aromatic carbocycles. The van der Waals surface area contributed by atoms with Gasteiger partial charge < -0.3 is 9.47 Å². The molecule has 0 fully saturated rings. The van der Waals surface area contributed by atoms with Crippen molar-refractivity contribution >= 4 is 0 Å². The molecule has 0 spiro atoms. The summed E-state index contributed by atoms with van der Waals surface area (Å²) < 4.78 is 11.4. The maximum atomic E-state index is 5.68. The molecule has 0 aromatic rings. The van der Waals surface area contributed by atoms with E-state index in [1.807, 2.05) is 0 Å². The van der Waals surface area contributed by atoms with Crippen LogP contribution in [0.5, 0.6) is 0 Å². The standard InChI is InChI=1S/C13H28O2.C11H24.C9H20.5CH4/c1-5-9-14-11-13(7-3,8-4)12-15-10-6-2;1-5-7-10(3)9-11(4)8-6-2;1-5-9(6-2,7-3)8-4;;;;;/h5-12H2,1-4H3;10-11H,5-9H2,1-4H3;5-8H2,1-4H3;5*1H4. The summed E-state index contributed by atoms with van der Waals surface area (Å²) in [6.45, 7) is 30.7. The largest absolute Gasteiger partial charge is 0.381 e. The maximum absolute atomic E-state index is 5.68. The SMILES string of the molecule is C.C.C.C.C.CCC(CC)(CC)CC.CCCC(C)CC(C)CCC.CCCOCC(CC)(CC)COCCC. The highest BCUT2D eigenvalue weighted by molar-refractivity contribution is 4.76. The lowest BCUT2D eigenvalue weighted by Crippen LogP contribution is -2.31. The molecule has 2 atom stereocenters. The van der Waals surface area contributed by atoms with E-state index in [0.717, 1.165) is 63.9 Å². The van der Waals surface area contributed by atoms with Crippen molar-refractivity contribution in [2.45, 2.75) is 204 Å². The van der Waals surface area contributed by atoms with E-state index in [2.05, 4.69) is 83.1 Å². The highest BCUT2D eigenvalue weighted by Gasteiger charge is 2.26. The van der Waals surface area contributed by atoms with Crippen LogP contribution in [0.3, 0.4) is 0 Å². The van der Waals surface area contributed by atoms with E-state index in [1.54, 1.807) is 0 Å². The molecular weight excluding hydrogens is 488 g/mol. The van der Waals surface area contributed by atoms with Crippen LogP contribution in [0.2, 0.25) is 0 Å². The molecule has 2 nitrogen and oxygen atoms in total. The quantitative estimate of drug-likeness (QED) is 0.133. The Bertz CT molecular complexity index is 345. The molecule has 0 rings (SSSR count). The van der Waals surface area contributed by atoms with Crippen LogP contribution >= 0.6 is 0 Å². The third-order valence-corrected chi connectivity index (χ3v) is 8.38. The molecule has 2 heteroatoms. The summed E-state index contributed by atoms with van der Waals surface area (Å²) in [5.74, 6) is 1.89. The van der Waals surface area contributed by atoms with Crippen LogP contribution in [0.4, 0.5) is 0 Å². The second-order valence-corrected chi connectivity index (χ2v) is 11.2.